The molecule has 4 rings (SSSR count). The number of benzene rings is 2. The minimum absolute atomic E-state index is 0.0308. The van der Waals surface area contributed by atoms with Crippen molar-refractivity contribution in [3.8, 4) is 0 Å². The Labute approximate surface area is 151 Å². The Balaban J connectivity index is 1.82. The van der Waals surface area contributed by atoms with E-state index in [1.54, 1.807) is 0 Å². The number of rotatable bonds is 4. The molecule has 5 heteroatoms. The average Bonchev–Trinajstić information content (AvgIpc) is 3.07. The Morgan fingerprint density at radius 3 is 2.46 bits per heavy atom. The van der Waals surface area contributed by atoms with Crippen LogP contribution >= 0.6 is 0 Å². The van der Waals surface area contributed by atoms with Crippen LogP contribution in [0.3, 0.4) is 0 Å². The van der Waals surface area contributed by atoms with E-state index in [9.17, 15) is 4.79 Å². The SMILES string of the molecule is CC(C)Cc1ccc([C@@H](C)c2nnc3c(=O)[nH]c4ccccc4n23)cc1. The molecule has 1 N–H and O–H groups in total. The molecule has 0 aliphatic carbocycles. The topological polar surface area (TPSA) is 63.0 Å². The fourth-order valence-corrected chi connectivity index (χ4v) is 3.48. The van der Waals surface area contributed by atoms with E-state index in [4.69, 9.17) is 0 Å². The van der Waals surface area contributed by atoms with Crippen LogP contribution in [0.4, 0.5) is 0 Å². The standard InChI is InChI=1S/C21H22N4O/c1-13(2)12-15-8-10-16(11-9-15)14(3)19-23-24-20-21(26)22-17-6-4-5-7-18(17)25(19)20/h4-11,13-14H,12H2,1-3H3,(H,22,26)/t14-/m1/s1. The van der Waals surface area contributed by atoms with Gasteiger partial charge in [0, 0.05) is 5.92 Å². The van der Waals surface area contributed by atoms with Gasteiger partial charge in [-0.3, -0.25) is 9.20 Å². The molecule has 132 valence electrons. The molecule has 2 heterocycles. The van der Waals surface area contributed by atoms with Crippen molar-refractivity contribution >= 4 is 16.7 Å². The normalized spacial score (nSPS) is 12.9. The van der Waals surface area contributed by atoms with E-state index in [0.29, 0.717) is 11.6 Å². The van der Waals surface area contributed by atoms with Crippen LogP contribution in [0.1, 0.15) is 43.6 Å². The van der Waals surface area contributed by atoms with Gasteiger partial charge in [0.1, 0.15) is 5.82 Å². The lowest BCUT2D eigenvalue weighted by atomic mass is 9.96. The van der Waals surface area contributed by atoms with Gasteiger partial charge >= 0.3 is 0 Å². The smallest absolute Gasteiger partial charge is 0.294 e. The van der Waals surface area contributed by atoms with E-state index in [0.717, 1.165) is 28.8 Å². The van der Waals surface area contributed by atoms with Crippen molar-refractivity contribution in [1.82, 2.24) is 19.6 Å². The van der Waals surface area contributed by atoms with E-state index < -0.39 is 0 Å². The highest BCUT2D eigenvalue weighted by Crippen LogP contribution is 2.25. The van der Waals surface area contributed by atoms with Gasteiger partial charge in [0.25, 0.3) is 5.56 Å². The lowest BCUT2D eigenvalue weighted by Crippen LogP contribution is -2.12. The molecule has 0 aliphatic heterocycles. The molecule has 0 radical (unpaired) electrons. The van der Waals surface area contributed by atoms with Gasteiger partial charge in [-0.25, -0.2) is 0 Å². The van der Waals surface area contributed by atoms with Crippen molar-refractivity contribution in [3.05, 3.63) is 75.8 Å². The molecular formula is C21H22N4O. The van der Waals surface area contributed by atoms with Crippen molar-refractivity contribution in [2.75, 3.05) is 0 Å². The molecule has 5 nitrogen and oxygen atoms in total. The monoisotopic (exact) mass is 346 g/mol. The van der Waals surface area contributed by atoms with Gasteiger partial charge in [0.2, 0.25) is 5.65 Å². The third-order valence-corrected chi connectivity index (χ3v) is 4.80. The number of nitrogens with zero attached hydrogens (tertiary/aromatic N) is 3. The Kier molecular flexibility index (Phi) is 4.07. The third-order valence-electron chi connectivity index (χ3n) is 4.80. The van der Waals surface area contributed by atoms with Crippen LogP contribution in [0, 0.1) is 5.92 Å². The molecule has 1 atom stereocenters. The quantitative estimate of drug-likeness (QED) is 0.609. The molecule has 2 aromatic carbocycles. The van der Waals surface area contributed by atoms with Gasteiger partial charge in [-0.15, -0.1) is 10.2 Å². The van der Waals surface area contributed by atoms with Gasteiger partial charge in [0.05, 0.1) is 11.0 Å². The third kappa shape index (κ3) is 2.79. The molecule has 0 saturated carbocycles. The van der Waals surface area contributed by atoms with E-state index in [1.807, 2.05) is 28.7 Å². The maximum Gasteiger partial charge on any atom is 0.294 e. The molecule has 0 amide bonds. The zero-order valence-corrected chi connectivity index (χ0v) is 15.2. The van der Waals surface area contributed by atoms with Gasteiger partial charge < -0.3 is 4.98 Å². The Hall–Kier alpha value is -2.95. The van der Waals surface area contributed by atoms with Crippen LogP contribution in [0.25, 0.3) is 16.7 Å². The number of H-pyrrole nitrogens is 1. The number of hydrogen-bond acceptors (Lipinski definition) is 3. The van der Waals surface area contributed by atoms with Crippen molar-refractivity contribution < 1.29 is 0 Å². The summed E-state index contributed by atoms with van der Waals surface area (Å²) in [5, 5.41) is 8.49. The first-order valence-corrected chi connectivity index (χ1v) is 8.99. The Morgan fingerprint density at radius 2 is 1.73 bits per heavy atom. The largest absolute Gasteiger partial charge is 0.317 e. The zero-order chi connectivity index (χ0) is 18.3. The average molecular weight is 346 g/mol. The summed E-state index contributed by atoms with van der Waals surface area (Å²) in [6.45, 7) is 6.55. The molecule has 0 fully saturated rings. The van der Waals surface area contributed by atoms with Crippen molar-refractivity contribution in [2.45, 2.75) is 33.1 Å². The first kappa shape index (κ1) is 16.5. The Bertz CT molecular complexity index is 1120. The van der Waals surface area contributed by atoms with Crippen molar-refractivity contribution in [3.63, 3.8) is 0 Å². The number of nitrogens with one attached hydrogen (secondary N) is 1. The van der Waals surface area contributed by atoms with Crippen LogP contribution < -0.4 is 5.56 Å². The predicted octanol–water partition coefficient (Wildman–Crippen LogP) is 3.92. The summed E-state index contributed by atoms with van der Waals surface area (Å²) in [5.74, 6) is 1.44. The highest BCUT2D eigenvalue weighted by molar-refractivity contribution is 5.77. The minimum atomic E-state index is -0.220. The number of fused-ring (bicyclic) bond motifs is 3. The highest BCUT2D eigenvalue weighted by Gasteiger charge is 2.19. The molecule has 0 spiro atoms. The molecule has 4 aromatic rings. The van der Waals surface area contributed by atoms with Gasteiger partial charge in [-0.05, 0) is 35.6 Å². The summed E-state index contributed by atoms with van der Waals surface area (Å²) in [7, 11) is 0. The molecule has 0 bridgehead atoms. The Morgan fingerprint density at radius 1 is 1.00 bits per heavy atom. The number of hydrogen-bond donors (Lipinski definition) is 1. The number of para-hydroxylation sites is 2. The van der Waals surface area contributed by atoms with Crippen LogP contribution in [-0.4, -0.2) is 19.6 Å². The van der Waals surface area contributed by atoms with Gasteiger partial charge in [-0.1, -0.05) is 57.2 Å². The summed E-state index contributed by atoms with van der Waals surface area (Å²) in [6, 6.07) is 16.4. The molecule has 26 heavy (non-hydrogen) atoms. The summed E-state index contributed by atoms with van der Waals surface area (Å²) in [5.41, 5.74) is 4.31. The lowest BCUT2D eigenvalue weighted by molar-refractivity contribution is 0.647. The maximum absolute atomic E-state index is 12.3. The van der Waals surface area contributed by atoms with Crippen LogP contribution in [-0.2, 0) is 6.42 Å². The molecule has 0 aliphatic rings. The van der Waals surface area contributed by atoms with Crippen molar-refractivity contribution in [2.24, 2.45) is 5.92 Å². The highest BCUT2D eigenvalue weighted by atomic mass is 16.1. The van der Waals surface area contributed by atoms with Gasteiger partial charge in [-0.2, -0.15) is 0 Å². The lowest BCUT2D eigenvalue weighted by Gasteiger charge is -2.13. The maximum atomic E-state index is 12.3. The molecule has 0 saturated heterocycles. The van der Waals surface area contributed by atoms with Crippen LogP contribution in [0.15, 0.2) is 53.3 Å². The van der Waals surface area contributed by atoms with Crippen LogP contribution in [0.5, 0.6) is 0 Å². The zero-order valence-electron chi connectivity index (χ0n) is 15.2. The van der Waals surface area contributed by atoms with Gasteiger partial charge in [0.15, 0.2) is 0 Å². The second-order valence-corrected chi connectivity index (χ2v) is 7.25. The summed E-state index contributed by atoms with van der Waals surface area (Å²) < 4.78 is 1.88. The van der Waals surface area contributed by atoms with E-state index in [1.165, 1.54) is 5.56 Å². The molecule has 2 aromatic heterocycles. The minimum Gasteiger partial charge on any atom is -0.317 e. The van der Waals surface area contributed by atoms with Crippen LogP contribution in [0.2, 0.25) is 0 Å². The summed E-state index contributed by atoms with van der Waals surface area (Å²) in [6.07, 6.45) is 1.07. The summed E-state index contributed by atoms with van der Waals surface area (Å²) in [4.78, 5) is 15.2. The summed E-state index contributed by atoms with van der Waals surface area (Å²) >= 11 is 0. The van der Waals surface area contributed by atoms with E-state index in [-0.39, 0.29) is 11.5 Å². The fraction of sp³-hybridized carbons (Fsp3) is 0.286. The first-order chi connectivity index (χ1) is 12.5. The van der Waals surface area contributed by atoms with E-state index >= 15 is 0 Å². The first-order valence-electron chi connectivity index (χ1n) is 8.99. The van der Waals surface area contributed by atoms with E-state index in [2.05, 4.69) is 60.2 Å². The second-order valence-electron chi connectivity index (χ2n) is 7.25. The fourth-order valence-electron chi connectivity index (χ4n) is 3.48. The van der Waals surface area contributed by atoms with Crippen molar-refractivity contribution in [1.29, 1.82) is 0 Å². The predicted molar refractivity (Wildman–Crippen MR) is 104 cm³/mol. The number of aromatic nitrogens is 4. The number of aromatic amines is 1. The second kappa shape index (κ2) is 6.41. The molecular weight excluding hydrogens is 324 g/mol. The molecule has 0 unspecified atom stereocenters.